The highest BCUT2D eigenvalue weighted by Crippen LogP contribution is 2.17. The Balaban J connectivity index is 1.80. The molecule has 2 heterocycles. The summed E-state index contributed by atoms with van der Waals surface area (Å²) >= 11 is 3.31. The highest BCUT2D eigenvalue weighted by molar-refractivity contribution is 9.10. The number of carbonyl (C=O) groups excluding carboxylic acids is 1. The molecule has 0 bridgehead atoms. The average Bonchev–Trinajstić information content (AvgIpc) is 3.15. The van der Waals surface area contributed by atoms with E-state index in [1.54, 1.807) is 13.1 Å². The van der Waals surface area contributed by atoms with Crippen LogP contribution in [0, 0.1) is 6.92 Å². The van der Waals surface area contributed by atoms with E-state index in [9.17, 15) is 13.2 Å². The standard InChI is InChI=1S/C19H20BrN5O3S/c1-13-8-15(9-21-18(13)20)19(26)24-17(14-6-4-3-5-7-14)11-23-29(27,28)16-10-22-25(2)12-16/h3-10,12,17,23H,11H2,1-2H3,(H,24,26). The number of sulfonamides is 1. The first-order chi connectivity index (χ1) is 13.8. The minimum atomic E-state index is -3.76. The van der Waals surface area contributed by atoms with Crippen LogP contribution in [-0.4, -0.2) is 35.6 Å². The Labute approximate surface area is 177 Å². The monoisotopic (exact) mass is 477 g/mol. The molecule has 2 aromatic heterocycles. The van der Waals surface area contributed by atoms with E-state index < -0.39 is 16.1 Å². The van der Waals surface area contributed by atoms with E-state index in [2.05, 4.69) is 36.1 Å². The van der Waals surface area contributed by atoms with Gasteiger partial charge in [-0.25, -0.2) is 18.1 Å². The summed E-state index contributed by atoms with van der Waals surface area (Å²) in [6.07, 6.45) is 4.15. The van der Waals surface area contributed by atoms with Gasteiger partial charge >= 0.3 is 0 Å². The first-order valence-corrected chi connectivity index (χ1v) is 11.0. The normalized spacial score (nSPS) is 12.5. The number of nitrogens with one attached hydrogen (secondary N) is 2. The van der Waals surface area contributed by atoms with Crippen molar-refractivity contribution in [2.24, 2.45) is 7.05 Å². The summed E-state index contributed by atoms with van der Waals surface area (Å²) in [7, 11) is -2.12. The van der Waals surface area contributed by atoms with Crippen LogP contribution in [0.15, 0.2) is 64.5 Å². The van der Waals surface area contributed by atoms with Gasteiger partial charge in [0.25, 0.3) is 5.91 Å². The molecule has 0 aliphatic carbocycles. The third kappa shape index (κ3) is 5.28. The van der Waals surface area contributed by atoms with Gasteiger partial charge in [-0.15, -0.1) is 0 Å². The minimum absolute atomic E-state index is 0.0179. The minimum Gasteiger partial charge on any atom is -0.344 e. The summed E-state index contributed by atoms with van der Waals surface area (Å²) in [4.78, 5) is 16.9. The van der Waals surface area contributed by atoms with Crippen molar-refractivity contribution in [1.29, 1.82) is 0 Å². The molecule has 152 valence electrons. The van der Waals surface area contributed by atoms with Crippen LogP contribution in [0.3, 0.4) is 0 Å². The molecule has 0 spiro atoms. The van der Waals surface area contributed by atoms with Crippen molar-refractivity contribution >= 4 is 31.9 Å². The molecule has 0 aliphatic heterocycles. The van der Waals surface area contributed by atoms with Crippen molar-refractivity contribution < 1.29 is 13.2 Å². The third-order valence-corrected chi connectivity index (χ3v) is 6.46. The molecule has 0 saturated carbocycles. The zero-order valence-corrected chi connectivity index (χ0v) is 18.2. The molecule has 3 aromatic rings. The molecular weight excluding hydrogens is 458 g/mol. The number of benzene rings is 1. The number of pyridine rings is 1. The molecule has 1 aromatic carbocycles. The predicted molar refractivity (Wildman–Crippen MR) is 112 cm³/mol. The Hall–Kier alpha value is -2.56. The highest BCUT2D eigenvalue weighted by Gasteiger charge is 2.21. The van der Waals surface area contributed by atoms with Crippen LogP contribution in [0.5, 0.6) is 0 Å². The van der Waals surface area contributed by atoms with Gasteiger partial charge < -0.3 is 5.32 Å². The number of hydrogen-bond acceptors (Lipinski definition) is 5. The fourth-order valence-electron chi connectivity index (χ4n) is 2.68. The van der Waals surface area contributed by atoms with Crippen LogP contribution >= 0.6 is 15.9 Å². The molecule has 0 radical (unpaired) electrons. The van der Waals surface area contributed by atoms with E-state index in [4.69, 9.17) is 0 Å². The van der Waals surface area contributed by atoms with Crippen molar-refractivity contribution in [3.05, 3.63) is 76.3 Å². The average molecular weight is 478 g/mol. The molecule has 8 nitrogen and oxygen atoms in total. The van der Waals surface area contributed by atoms with Gasteiger partial charge in [-0.3, -0.25) is 9.48 Å². The lowest BCUT2D eigenvalue weighted by molar-refractivity contribution is 0.0936. The first-order valence-electron chi connectivity index (χ1n) is 8.72. The Morgan fingerprint density at radius 2 is 1.97 bits per heavy atom. The Bertz CT molecular complexity index is 1120. The van der Waals surface area contributed by atoms with E-state index in [0.29, 0.717) is 10.2 Å². The summed E-state index contributed by atoms with van der Waals surface area (Å²) < 4.78 is 29.7. The number of carbonyl (C=O) groups is 1. The molecule has 1 atom stereocenters. The van der Waals surface area contributed by atoms with Gasteiger partial charge in [0.05, 0.1) is 17.8 Å². The van der Waals surface area contributed by atoms with Gasteiger partial charge in [0, 0.05) is 26.0 Å². The van der Waals surface area contributed by atoms with Crippen LogP contribution in [0.4, 0.5) is 0 Å². The summed E-state index contributed by atoms with van der Waals surface area (Å²) in [6, 6.07) is 10.3. The van der Waals surface area contributed by atoms with Crippen molar-refractivity contribution in [2.45, 2.75) is 17.9 Å². The molecule has 1 amide bonds. The van der Waals surface area contributed by atoms with E-state index in [-0.39, 0.29) is 17.3 Å². The lowest BCUT2D eigenvalue weighted by Crippen LogP contribution is -2.38. The molecule has 0 aliphatic rings. The molecule has 29 heavy (non-hydrogen) atoms. The maximum absolute atomic E-state index is 12.7. The largest absolute Gasteiger partial charge is 0.344 e. The quantitative estimate of drug-likeness (QED) is 0.507. The van der Waals surface area contributed by atoms with Gasteiger partial charge in [-0.05, 0) is 40.0 Å². The lowest BCUT2D eigenvalue weighted by atomic mass is 10.1. The number of amides is 1. The van der Waals surface area contributed by atoms with Crippen molar-refractivity contribution in [3.8, 4) is 0 Å². The fraction of sp³-hybridized carbons (Fsp3) is 0.211. The maximum Gasteiger partial charge on any atom is 0.253 e. The Morgan fingerprint density at radius 3 is 2.59 bits per heavy atom. The Kier molecular flexibility index (Phi) is 6.46. The van der Waals surface area contributed by atoms with Gasteiger partial charge in [-0.2, -0.15) is 5.10 Å². The molecule has 0 fully saturated rings. The number of aryl methyl sites for hydroxylation is 2. The van der Waals surface area contributed by atoms with Gasteiger partial charge in [0.15, 0.2) is 0 Å². The van der Waals surface area contributed by atoms with Crippen LogP contribution in [-0.2, 0) is 17.1 Å². The lowest BCUT2D eigenvalue weighted by Gasteiger charge is -2.20. The second-order valence-electron chi connectivity index (χ2n) is 6.47. The number of aromatic nitrogens is 3. The van der Waals surface area contributed by atoms with Crippen LogP contribution in [0.1, 0.15) is 27.5 Å². The van der Waals surface area contributed by atoms with Gasteiger partial charge in [0.1, 0.15) is 9.50 Å². The van der Waals surface area contributed by atoms with Crippen LogP contribution in [0.25, 0.3) is 0 Å². The molecule has 1 unspecified atom stereocenters. The smallest absolute Gasteiger partial charge is 0.253 e. The van der Waals surface area contributed by atoms with Crippen molar-refractivity contribution in [1.82, 2.24) is 24.8 Å². The zero-order valence-electron chi connectivity index (χ0n) is 15.8. The second-order valence-corrected chi connectivity index (χ2v) is 8.99. The molecule has 2 N–H and O–H groups in total. The summed E-state index contributed by atoms with van der Waals surface area (Å²) in [6.45, 7) is 1.82. The van der Waals surface area contributed by atoms with Gasteiger partial charge in [-0.1, -0.05) is 30.3 Å². The fourth-order valence-corrected chi connectivity index (χ4v) is 3.92. The van der Waals surface area contributed by atoms with E-state index >= 15 is 0 Å². The van der Waals surface area contributed by atoms with E-state index in [0.717, 1.165) is 11.1 Å². The Morgan fingerprint density at radius 1 is 1.24 bits per heavy atom. The summed E-state index contributed by atoms with van der Waals surface area (Å²) in [5.74, 6) is -0.345. The second kappa shape index (κ2) is 8.85. The maximum atomic E-state index is 12.7. The molecule has 0 saturated heterocycles. The van der Waals surface area contributed by atoms with Crippen molar-refractivity contribution in [3.63, 3.8) is 0 Å². The van der Waals surface area contributed by atoms with E-state index in [1.807, 2.05) is 37.3 Å². The zero-order chi connectivity index (χ0) is 21.0. The number of rotatable bonds is 7. The molecule has 10 heteroatoms. The predicted octanol–water partition coefficient (Wildman–Crippen LogP) is 2.34. The van der Waals surface area contributed by atoms with Crippen molar-refractivity contribution in [2.75, 3.05) is 6.54 Å². The van der Waals surface area contributed by atoms with Gasteiger partial charge in [0.2, 0.25) is 10.0 Å². The molecule has 3 rings (SSSR count). The topological polar surface area (TPSA) is 106 Å². The third-order valence-electron chi connectivity index (χ3n) is 4.25. The number of nitrogens with zero attached hydrogens (tertiary/aromatic N) is 3. The summed E-state index contributed by atoms with van der Waals surface area (Å²) in [5, 5.41) is 6.77. The van der Waals surface area contributed by atoms with Crippen LogP contribution < -0.4 is 10.0 Å². The number of halogens is 1. The highest BCUT2D eigenvalue weighted by atomic mass is 79.9. The molecular formula is C19H20BrN5O3S. The SMILES string of the molecule is Cc1cc(C(=O)NC(CNS(=O)(=O)c2cnn(C)c2)c2ccccc2)cnc1Br. The van der Waals surface area contributed by atoms with E-state index in [1.165, 1.54) is 23.3 Å². The first kappa shape index (κ1) is 21.2. The number of hydrogen-bond donors (Lipinski definition) is 2. The van der Waals surface area contributed by atoms with Crippen LogP contribution in [0.2, 0.25) is 0 Å². The summed E-state index contributed by atoms with van der Waals surface area (Å²) in [5.41, 5.74) is 1.99.